The van der Waals surface area contributed by atoms with E-state index >= 15 is 0 Å². The van der Waals surface area contributed by atoms with E-state index in [-0.39, 0.29) is 5.41 Å². The van der Waals surface area contributed by atoms with Crippen LogP contribution in [0.5, 0.6) is 0 Å². The molecule has 0 saturated heterocycles. The maximum Gasteiger partial charge on any atom is 0.181 e. The van der Waals surface area contributed by atoms with Gasteiger partial charge in [-0.2, -0.15) is 0 Å². The Morgan fingerprint density at radius 3 is 2.29 bits per heavy atom. The van der Waals surface area contributed by atoms with E-state index in [9.17, 15) is 0 Å². The van der Waals surface area contributed by atoms with E-state index in [0.29, 0.717) is 11.7 Å². The van der Waals surface area contributed by atoms with Crippen LogP contribution >= 0.6 is 11.3 Å². The Morgan fingerprint density at radius 2 is 1.81 bits per heavy atom. The number of aromatic nitrogens is 3. The second kappa shape index (κ2) is 5.72. The molecule has 0 atom stereocenters. The molecule has 0 aliphatic carbocycles. The van der Waals surface area contributed by atoms with Gasteiger partial charge in [-0.1, -0.05) is 34.6 Å². The highest BCUT2D eigenvalue weighted by Crippen LogP contribution is 2.31. The highest BCUT2D eigenvalue weighted by Gasteiger charge is 2.21. The summed E-state index contributed by atoms with van der Waals surface area (Å²) in [5.74, 6) is 1.99. The Bertz CT molecular complexity index is 638. The minimum absolute atomic E-state index is 0.0572. The molecular formula is C16H24N4S. The quantitative estimate of drug-likeness (QED) is 0.914. The molecule has 0 bridgehead atoms. The molecule has 0 unspecified atom stereocenters. The van der Waals surface area contributed by atoms with E-state index in [1.165, 1.54) is 5.56 Å². The average Bonchev–Trinajstić information content (AvgIpc) is 2.86. The monoisotopic (exact) mass is 304 g/mol. The molecular weight excluding hydrogens is 280 g/mol. The molecule has 0 radical (unpaired) electrons. The molecule has 0 aliphatic heterocycles. The molecule has 0 amide bonds. The van der Waals surface area contributed by atoms with E-state index in [4.69, 9.17) is 4.98 Å². The largest absolute Gasteiger partial charge is 0.373 e. The lowest BCUT2D eigenvalue weighted by Crippen LogP contribution is -2.10. The third kappa shape index (κ3) is 3.23. The van der Waals surface area contributed by atoms with Gasteiger partial charge in [0.15, 0.2) is 5.82 Å². The summed E-state index contributed by atoms with van der Waals surface area (Å²) < 4.78 is 0. The van der Waals surface area contributed by atoms with E-state index in [0.717, 1.165) is 22.2 Å². The number of rotatable bonds is 3. The molecule has 4 nitrogen and oxygen atoms in total. The van der Waals surface area contributed by atoms with Crippen molar-refractivity contribution >= 4 is 17.2 Å². The summed E-state index contributed by atoms with van der Waals surface area (Å²) in [4.78, 5) is 14.0. The van der Waals surface area contributed by atoms with Crippen molar-refractivity contribution in [3.63, 3.8) is 0 Å². The smallest absolute Gasteiger partial charge is 0.181 e. The first kappa shape index (κ1) is 15.9. The van der Waals surface area contributed by atoms with Gasteiger partial charge in [-0.25, -0.2) is 15.0 Å². The number of nitrogens with zero attached hydrogens (tertiary/aromatic N) is 3. The molecule has 114 valence electrons. The van der Waals surface area contributed by atoms with Gasteiger partial charge in [-0.15, -0.1) is 11.3 Å². The number of anilines is 1. The summed E-state index contributed by atoms with van der Waals surface area (Å²) in [6.07, 6.45) is 0. The van der Waals surface area contributed by atoms with Gasteiger partial charge in [0, 0.05) is 29.1 Å². The summed E-state index contributed by atoms with van der Waals surface area (Å²) in [7, 11) is 1.90. The summed E-state index contributed by atoms with van der Waals surface area (Å²) >= 11 is 1.67. The molecule has 0 fully saturated rings. The number of aryl methyl sites for hydroxylation is 1. The van der Waals surface area contributed by atoms with Crippen molar-refractivity contribution in [3.05, 3.63) is 21.6 Å². The first-order valence-electron chi connectivity index (χ1n) is 7.26. The molecule has 2 heterocycles. The van der Waals surface area contributed by atoms with Crippen LogP contribution in [0.25, 0.3) is 11.5 Å². The van der Waals surface area contributed by atoms with Crippen molar-refractivity contribution in [3.8, 4) is 11.5 Å². The van der Waals surface area contributed by atoms with Crippen LogP contribution < -0.4 is 5.32 Å². The lowest BCUT2D eigenvalue weighted by atomic mass is 9.98. The van der Waals surface area contributed by atoms with Crippen molar-refractivity contribution < 1.29 is 0 Å². The maximum atomic E-state index is 4.71. The SMILES string of the molecule is CNc1nc(-c2csc(C(C)(C)C)n2)nc(C)c1C(C)C. The van der Waals surface area contributed by atoms with E-state index in [1.807, 2.05) is 19.4 Å². The van der Waals surface area contributed by atoms with Gasteiger partial charge in [-0.05, 0) is 12.8 Å². The second-order valence-corrected chi connectivity index (χ2v) is 7.45. The fourth-order valence-corrected chi connectivity index (χ4v) is 3.18. The normalized spacial score (nSPS) is 12.0. The number of thiazole rings is 1. The standard InChI is InChI=1S/C16H24N4S/c1-9(2)12-10(3)18-13(20-14(12)17-7)11-8-21-15(19-11)16(4,5)6/h8-9H,1-7H3,(H,17,18,20). The fraction of sp³-hybridized carbons (Fsp3) is 0.562. The van der Waals surface area contributed by atoms with Crippen LogP contribution in [0.4, 0.5) is 5.82 Å². The Balaban J connectivity index is 2.50. The summed E-state index contributed by atoms with van der Waals surface area (Å²) in [6, 6.07) is 0. The van der Waals surface area contributed by atoms with Crippen molar-refractivity contribution in [2.24, 2.45) is 0 Å². The highest BCUT2D eigenvalue weighted by molar-refractivity contribution is 7.10. The van der Waals surface area contributed by atoms with Crippen LogP contribution in [-0.2, 0) is 5.41 Å². The summed E-state index contributed by atoms with van der Waals surface area (Å²) in [6.45, 7) is 12.9. The van der Waals surface area contributed by atoms with Crippen molar-refractivity contribution in [1.29, 1.82) is 0 Å². The van der Waals surface area contributed by atoms with Crippen LogP contribution in [0.3, 0.4) is 0 Å². The molecule has 0 spiro atoms. The molecule has 2 aromatic heterocycles. The van der Waals surface area contributed by atoms with E-state index in [2.05, 4.69) is 49.9 Å². The van der Waals surface area contributed by atoms with Gasteiger partial charge in [-0.3, -0.25) is 0 Å². The van der Waals surface area contributed by atoms with E-state index < -0.39 is 0 Å². The zero-order valence-electron chi connectivity index (χ0n) is 13.9. The summed E-state index contributed by atoms with van der Waals surface area (Å²) in [5.41, 5.74) is 3.11. The van der Waals surface area contributed by atoms with Crippen molar-refractivity contribution in [1.82, 2.24) is 15.0 Å². The second-order valence-electron chi connectivity index (χ2n) is 6.59. The van der Waals surface area contributed by atoms with Gasteiger partial charge in [0.2, 0.25) is 0 Å². The zero-order valence-corrected chi connectivity index (χ0v) is 14.7. The van der Waals surface area contributed by atoms with Crippen LogP contribution in [0, 0.1) is 6.92 Å². The third-order valence-corrected chi connectivity index (χ3v) is 4.59. The number of hydrogen-bond acceptors (Lipinski definition) is 5. The lowest BCUT2D eigenvalue weighted by molar-refractivity contribution is 0.586. The Kier molecular flexibility index (Phi) is 4.33. The molecule has 1 N–H and O–H groups in total. The predicted molar refractivity (Wildman–Crippen MR) is 90.2 cm³/mol. The zero-order chi connectivity index (χ0) is 15.8. The van der Waals surface area contributed by atoms with Crippen LogP contribution in [-0.4, -0.2) is 22.0 Å². The minimum atomic E-state index is 0.0572. The summed E-state index contributed by atoms with van der Waals surface area (Å²) in [5, 5.41) is 6.34. The average molecular weight is 304 g/mol. The van der Waals surface area contributed by atoms with Crippen LogP contribution in [0.15, 0.2) is 5.38 Å². The van der Waals surface area contributed by atoms with Crippen molar-refractivity contribution in [2.45, 2.75) is 52.9 Å². The maximum absolute atomic E-state index is 4.71. The van der Waals surface area contributed by atoms with Gasteiger partial charge in [0.05, 0.1) is 5.01 Å². The molecule has 2 rings (SSSR count). The predicted octanol–water partition coefficient (Wildman–Crippen LogP) is 4.37. The number of nitrogens with one attached hydrogen (secondary N) is 1. The topological polar surface area (TPSA) is 50.7 Å². The Hall–Kier alpha value is -1.49. The third-order valence-electron chi connectivity index (χ3n) is 3.33. The first-order chi connectivity index (χ1) is 9.74. The molecule has 2 aromatic rings. The fourth-order valence-electron chi connectivity index (χ4n) is 2.30. The molecule has 0 saturated carbocycles. The molecule has 0 aromatic carbocycles. The Morgan fingerprint density at radius 1 is 1.14 bits per heavy atom. The van der Waals surface area contributed by atoms with Crippen LogP contribution in [0.1, 0.15) is 56.8 Å². The molecule has 0 aliphatic rings. The van der Waals surface area contributed by atoms with Gasteiger partial charge >= 0.3 is 0 Å². The number of hydrogen-bond donors (Lipinski definition) is 1. The highest BCUT2D eigenvalue weighted by atomic mass is 32.1. The molecule has 21 heavy (non-hydrogen) atoms. The van der Waals surface area contributed by atoms with Gasteiger partial charge in [0.25, 0.3) is 0 Å². The van der Waals surface area contributed by atoms with E-state index in [1.54, 1.807) is 11.3 Å². The van der Waals surface area contributed by atoms with Crippen LogP contribution in [0.2, 0.25) is 0 Å². The van der Waals surface area contributed by atoms with Gasteiger partial charge in [0.1, 0.15) is 11.5 Å². The minimum Gasteiger partial charge on any atom is -0.373 e. The molecule has 5 heteroatoms. The Labute approximate surface area is 131 Å². The first-order valence-corrected chi connectivity index (χ1v) is 8.14. The lowest BCUT2D eigenvalue weighted by Gasteiger charge is -2.15. The van der Waals surface area contributed by atoms with Crippen molar-refractivity contribution in [2.75, 3.05) is 12.4 Å². The van der Waals surface area contributed by atoms with Gasteiger partial charge < -0.3 is 5.32 Å².